The molecule has 3 N–H and O–H groups in total. The Morgan fingerprint density at radius 1 is 1.29 bits per heavy atom. The summed E-state index contributed by atoms with van der Waals surface area (Å²) in [5, 5.41) is 30.6. The molecule has 17 heavy (non-hydrogen) atoms. The lowest BCUT2D eigenvalue weighted by Crippen LogP contribution is -2.60. The summed E-state index contributed by atoms with van der Waals surface area (Å²) < 4.78 is 5.50. The van der Waals surface area contributed by atoms with Crippen molar-refractivity contribution in [2.24, 2.45) is 5.92 Å². The monoisotopic (exact) mass is 249 g/mol. The highest BCUT2D eigenvalue weighted by atomic mass is 16.7. The summed E-state index contributed by atoms with van der Waals surface area (Å²) in [5.74, 6) is -0.387. The van der Waals surface area contributed by atoms with Crippen molar-refractivity contribution >= 4 is 0 Å². The molecule has 5 atom stereocenters. The van der Waals surface area contributed by atoms with Gasteiger partial charge in [-0.3, -0.25) is 4.84 Å². The van der Waals surface area contributed by atoms with Gasteiger partial charge in [-0.25, -0.2) is 0 Å². The van der Waals surface area contributed by atoms with Crippen LogP contribution in [0.4, 0.5) is 0 Å². The quantitative estimate of drug-likeness (QED) is 0.573. The Labute approximate surface area is 102 Å². The van der Waals surface area contributed by atoms with Crippen LogP contribution >= 0.6 is 0 Å². The molecule has 1 saturated heterocycles. The van der Waals surface area contributed by atoms with Crippen molar-refractivity contribution in [1.82, 2.24) is 5.06 Å². The van der Waals surface area contributed by atoms with Crippen molar-refractivity contribution in [1.29, 1.82) is 0 Å². The highest BCUT2D eigenvalue weighted by Gasteiger charge is 2.45. The van der Waals surface area contributed by atoms with Gasteiger partial charge in [-0.05, 0) is 13.8 Å². The Balaban J connectivity index is 2.84. The first-order valence-corrected chi connectivity index (χ1v) is 5.88. The predicted molar refractivity (Wildman–Crippen MR) is 60.9 cm³/mol. The van der Waals surface area contributed by atoms with Crippen LogP contribution in [0.15, 0.2) is 0 Å². The van der Waals surface area contributed by atoms with Crippen molar-refractivity contribution in [3.8, 4) is 0 Å². The molecule has 0 bridgehead atoms. The summed E-state index contributed by atoms with van der Waals surface area (Å²) in [5.41, 5.74) is 0. The van der Waals surface area contributed by atoms with E-state index in [9.17, 15) is 10.2 Å². The molecule has 1 rings (SSSR count). The Morgan fingerprint density at radius 2 is 1.88 bits per heavy atom. The molecule has 0 aromatic carbocycles. The van der Waals surface area contributed by atoms with E-state index in [0.29, 0.717) is 0 Å². The maximum absolute atomic E-state index is 10.1. The Hall–Kier alpha value is -0.240. The van der Waals surface area contributed by atoms with Crippen molar-refractivity contribution in [2.45, 2.75) is 51.4 Å². The number of nitrogens with zero attached hydrogens (tertiary/aromatic N) is 1. The summed E-state index contributed by atoms with van der Waals surface area (Å²) in [6.45, 7) is 5.25. The van der Waals surface area contributed by atoms with E-state index in [0.717, 1.165) is 0 Å². The molecular weight excluding hydrogens is 226 g/mol. The second-order valence-electron chi connectivity index (χ2n) is 4.72. The van der Waals surface area contributed by atoms with Crippen LogP contribution in [0.5, 0.6) is 0 Å². The first kappa shape index (κ1) is 14.8. The van der Waals surface area contributed by atoms with Crippen LogP contribution in [0, 0.1) is 5.92 Å². The lowest BCUT2D eigenvalue weighted by atomic mass is 9.90. The molecule has 0 aromatic heterocycles. The van der Waals surface area contributed by atoms with E-state index in [1.807, 2.05) is 13.8 Å². The van der Waals surface area contributed by atoms with E-state index in [-0.39, 0.29) is 18.6 Å². The summed E-state index contributed by atoms with van der Waals surface area (Å²) >= 11 is 0. The van der Waals surface area contributed by atoms with Gasteiger partial charge in [0, 0.05) is 12.0 Å². The van der Waals surface area contributed by atoms with E-state index in [1.54, 1.807) is 6.92 Å². The molecule has 1 heterocycles. The third-order valence-corrected chi connectivity index (χ3v) is 3.22. The van der Waals surface area contributed by atoms with Gasteiger partial charge in [0.15, 0.2) is 6.23 Å². The van der Waals surface area contributed by atoms with Crippen molar-refractivity contribution in [3.05, 3.63) is 0 Å². The molecule has 0 spiro atoms. The van der Waals surface area contributed by atoms with E-state index in [4.69, 9.17) is 14.7 Å². The lowest BCUT2D eigenvalue weighted by Gasteiger charge is -2.45. The van der Waals surface area contributed by atoms with Crippen LogP contribution < -0.4 is 0 Å². The van der Waals surface area contributed by atoms with Crippen LogP contribution in [0.2, 0.25) is 0 Å². The molecule has 0 saturated carbocycles. The molecule has 0 amide bonds. The van der Waals surface area contributed by atoms with E-state index >= 15 is 0 Å². The van der Waals surface area contributed by atoms with Crippen molar-refractivity contribution in [2.75, 3.05) is 13.7 Å². The minimum absolute atomic E-state index is 0.0152. The molecular formula is C11H23NO5. The fourth-order valence-corrected chi connectivity index (χ4v) is 2.11. The second kappa shape index (κ2) is 6.08. The Kier molecular flexibility index (Phi) is 5.30. The summed E-state index contributed by atoms with van der Waals surface area (Å²) in [4.78, 5) is 5.18. The molecule has 0 aliphatic carbocycles. The minimum atomic E-state index is -0.878. The number of aliphatic hydroxyl groups excluding tert-OH is 3. The predicted octanol–water partition coefficient (Wildman–Crippen LogP) is -0.667. The lowest BCUT2D eigenvalue weighted by molar-refractivity contribution is -0.328. The smallest absolute Gasteiger partial charge is 0.160 e. The highest BCUT2D eigenvalue weighted by Crippen LogP contribution is 2.28. The van der Waals surface area contributed by atoms with Gasteiger partial charge >= 0.3 is 0 Å². The van der Waals surface area contributed by atoms with Crippen LogP contribution in [-0.4, -0.2) is 64.7 Å². The molecule has 0 aromatic rings. The molecule has 1 aliphatic rings. The third-order valence-electron chi connectivity index (χ3n) is 3.22. The van der Waals surface area contributed by atoms with Gasteiger partial charge in [0.05, 0.1) is 19.8 Å². The highest BCUT2D eigenvalue weighted by molar-refractivity contribution is 4.89. The van der Waals surface area contributed by atoms with Crippen molar-refractivity contribution < 1.29 is 24.9 Å². The zero-order chi connectivity index (χ0) is 13.2. The minimum Gasteiger partial charge on any atom is -0.394 e. The largest absolute Gasteiger partial charge is 0.394 e. The van der Waals surface area contributed by atoms with Gasteiger partial charge < -0.3 is 20.1 Å². The molecule has 1 aliphatic heterocycles. The molecule has 0 radical (unpaired) electrons. The van der Waals surface area contributed by atoms with Gasteiger partial charge in [-0.1, -0.05) is 6.92 Å². The number of rotatable bonds is 4. The third kappa shape index (κ3) is 2.96. The average Bonchev–Trinajstić information content (AvgIpc) is 2.29. The standard InChI is InChI=1S/C11H23NO5/c1-6(2)12(16-4)11-10(15)7(3)9(14)8(5-13)17-11/h6-11,13-15H,5H2,1-4H3/t7-,8?,9-,10?,11-/m0/s1. The van der Waals surface area contributed by atoms with Crippen LogP contribution in [0.1, 0.15) is 20.8 Å². The molecule has 6 nitrogen and oxygen atoms in total. The van der Waals surface area contributed by atoms with Crippen molar-refractivity contribution in [3.63, 3.8) is 0 Å². The molecule has 1 fully saturated rings. The summed E-state index contributed by atoms with van der Waals surface area (Å²) in [7, 11) is 1.50. The summed E-state index contributed by atoms with van der Waals surface area (Å²) in [6, 6.07) is 0.0152. The van der Waals surface area contributed by atoms with Gasteiger partial charge in [0.25, 0.3) is 0 Å². The fraction of sp³-hybridized carbons (Fsp3) is 1.00. The number of hydrogen-bond donors (Lipinski definition) is 3. The van der Waals surface area contributed by atoms with Gasteiger partial charge in [-0.2, -0.15) is 5.06 Å². The van der Waals surface area contributed by atoms with Crippen LogP contribution in [0.25, 0.3) is 0 Å². The number of aliphatic hydroxyl groups is 3. The zero-order valence-electron chi connectivity index (χ0n) is 10.8. The van der Waals surface area contributed by atoms with Crippen LogP contribution in [-0.2, 0) is 9.57 Å². The first-order chi connectivity index (χ1) is 7.93. The van der Waals surface area contributed by atoms with E-state index in [2.05, 4.69) is 0 Å². The number of hydroxylamine groups is 2. The van der Waals surface area contributed by atoms with Gasteiger partial charge in [0.2, 0.25) is 0 Å². The SMILES string of the molecule is CON(C(C)C)[C@H]1OC(CO)[C@@H](O)[C@H](C)C1O. The molecule has 6 heteroatoms. The van der Waals surface area contributed by atoms with Crippen LogP contribution in [0.3, 0.4) is 0 Å². The fourth-order valence-electron chi connectivity index (χ4n) is 2.11. The average molecular weight is 249 g/mol. The zero-order valence-corrected chi connectivity index (χ0v) is 10.8. The van der Waals surface area contributed by atoms with E-state index < -0.39 is 24.5 Å². The second-order valence-corrected chi connectivity index (χ2v) is 4.72. The Bertz CT molecular complexity index is 236. The van der Waals surface area contributed by atoms with E-state index in [1.165, 1.54) is 12.2 Å². The maximum atomic E-state index is 10.1. The van der Waals surface area contributed by atoms with Gasteiger partial charge in [-0.15, -0.1) is 0 Å². The molecule has 102 valence electrons. The summed E-state index contributed by atoms with van der Waals surface area (Å²) in [6.07, 6.45) is -3.13. The Morgan fingerprint density at radius 3 is 2.29 bits per heavy atom. The maximum Gasteiger partial charge on any atom is 0.160 e. The normalized spacial score (nSPS) is 39.0. The number of hydrogen-bond acceptors (Lipinski definition) is 6. The first-order valence-electron chi connectivity index (χ1n) is 5.88. The topological polar surface area (TPSA) is 82.4 Å². The molecule has 2 unspecified atom stereocenters. The van der Waals surface area contributed by atoms with Gasteiger partial charge in [0.1, 0.15) is 12.2 Å². The number of ether oxygens (including phenoxy) is 1.